The molecule has 3 nitrogen and oxygen atoms in total. The normalized spacial score (nSPS) is 10.3. The minimum atomic E-state index is -0.442. The lowest BCUT2D eigenvalue weighted by molar-refractivity contribution is 0.0992. The Bertz CT molecular complexity index is 631. The standard InChI is InChI=1S/C14H12BrFN2O/c1-18(13-6-5-10(15)8-12(13)17)14(19)9-3-2-4-11(16)7-9/h2-8H,17H2,1H3. The van der Waals surface area contributed by atoms with Crippen molar-refractivity contribution in [3.05, 3.63) is 58.3 Å². The van der Waals surface area contributed by atoms with Crippen LogP contribution >= 0.6 is 15.9 Å². The molecule has 0 aromatic heterocycles. The van der Waals surface area contributed by atoms with E-state index in [2.05, 4.69) is 15.9 Å². The molecule has 0 aliphatic rings. The summed E-state index contributed by atoms with van der Waals surface area (Å²) >= 11 is 3.30. The maximum atomic E-state index is 13.1. The molecule has 5 heteroatoms. The number of benzene rings is 2. The fourth-order valence-electron chi connectivity index (χ4n) is 1.76. The fourth-order valence-corrected chi connectivity index (χ4v) is 2.13. The predicted octanol–water partition coefficient (Wildman–Crippen LogP) is 3.45. The molecule has 2 N–H and O–H groups in total. The Hall–Kier alpha value is -1.88. The summed E-state index contributed by atoms with van der Waals surface area (Å²) in [5, 5.41) is 0. The van der Waals surface area contributed by atoms with Crippen LogP contribution in [-0.2, 0) is 0 Å². The van der Waals surface area contributed by atoms with Crippen molar-refractivity contribution in [3.63, 3.8) is 0 Å². The first-order chi connectivity index (χ1) is 8.99. The molecule has 0 aliphatic heterocycles. The van der Waals surface area contributed by atoms with Crippen molar-refractivity contribution in [2.45, 2.75) is 0 Å². The Morgan fingerprint density at radius 2 is 2.00 bits per heavy atom. The molecular weight excluding hydrogens is 311 g/mol. The Labute approximate surface area is 119 Å². The number of amides is 1. The van der Waals surface area contributed by atoms with Crippen LogP contribution in [0.15, 0.2) is 46.9 Å². The summed E-state index contributed by atoms with van der Waals surface area (Å²) in [5.74, 6) is -0.753. The average Bonchev–Trinajstić information content (AvgIpc) is 2.37. The zero-order valence-corrected chi connectivity index (χ0v) is 11.8. The van der Waals surface area contributed by atoms with Gasteiger partial charge in [-0.15, -0.1) is 0 Å². The van der Waals surface area contributed by atoms with E-state index in [4.69, 9.17) is 5.73 Å². The van der Waals surface area contributed by atoms with Gasteiger partial charge in [-0.3, -0.25) is 4.79 Å². The minimum absolute atomic E-state index is 0.282. The first kappa shape index (κ1) is 13.5. The summed E-state index contributed by atoms with van der Waals surface area (Å²) in [7, 11) is 1.60. The summed E-state index contributed by atoms with van der Waals surface area (Å²) < 4.78 is 14.0. The second kappa shape index (κ2) is 5.40. The third kappa shape index (κ3) is 2.93. The molecule has 2 aromatic rings. The van der Waals surface area contributed by atoms with E-state index in [1.165, 1.54) is 23.1 Å². The molecule has 0 aliphatic carbocycles. The van der Waals surface area contributed by atoms with E-state index in [0.29, 0.717) is 11.4 Å². The van der Waals surface area contributed by atoms with E-state index in [1.54, 1.807) is 31.3 Å². The van der Waals surface area contributed by atoms with Gasteiger partial charge in [0.2, 0.25) is 0 Å². The summed E-state index contributed by atoms with van der Waals surface area (Å²) in [6.45, 7) is 0. The lowest BCUT2D eigenvalue weighted by atomic mass is 10.1. The van der Waals surface area contributed by atoms with Crippen molar-refractivity contribution in [2.24, 2.45) is 0 Å². The Kier molecular flexibility index (Phi) is 3.85. The molecule has 0 radical (unpaired) electrons. The molecule has 2 rings (SSSR count). The Morgan fingerprint density at radius 3 is 2.63 bits per heavy atom. The van der Waals surface area contributed by atoms with Crippen LogP contribution in [0.1, 0.15) is 10.4 Å². The highest BCUT2D eigenvalue weighted by Crippen LogP contribution is 2.27. The van der Waals surface area contributed by atoms with Gasteiger partial charge >= 0.3 is 0 Å². The van der Waals surface area contributed by atoms with Gasteiger partial charge < -0.3 is 10.6 Å². The van der Waals surface area contributed by atoms with Crippen LogP contribution in [0.3, 0.4) is 0 Å². The van der Waals surface area contributed by atoms with Gasteiger partial charge in [0.1, 0.15) is 5.82 Å². The van der Waals surface area contributed by atoms with Crippen LogP contribution in [0, 0.1) is 5.82 Å². The molecular formula is C14H12BrFN2O. The fraction of sp³-hybridized carbons (Fsp3) is 0.0714. The molecule has 0 heterocycles. The van der Waals surface area contributed by atoms with Crippen LogP contribution < -0.4 is 10.6 Å². The molecule has 0 fully saturated rings. The third-order valence-corrected chi connectivity index (χ3v) is 3.22. The van der Waals surface area contributed by atoms with Gasteiger partial charge in [-0.05, 0) is 36.4 Å². The largest absolute Gasteiger partial charge is 0.397 e. The van der Waals surface area contributed by atoms with Crippen molar-refractivity contribution in [1.29, 1.82) is 0 Å². The molecule has 0 saturated heterocycles. The maximum Gasteiger partial charge on any atom is 0.258 e. The smallest absolute Gasteiger partial charge is 0.258 e. The zero-order valence-electron chi connectivity index (χ0n) is 10.2. The molecule has 2 aromatic carbocycles. The minimum Gasteiger partial charge on any atom is -0.397 e. The topological polar surface area (TPSA) is 46.3 Å². The maximum absolute atomic E-state index is 13.1. The van der Waals surface area contributed by atoms with Crippen molar-refractivity contribution >= 4 is 33.2 Å². The molecule has 0 spiro atoms. The van der Waals surface area contributed by atoms with E-state index in [9.17, 15) is 9.18 Å². The van der Waals surface area contributed by atoms with Gasteiger partial charge in [-0.1, -0.05) is 22.0 Å². The van der Waals surface area contributed by atoms with Crippen molar-refractivity contribution in [3.8, 4) is 0 Å². The molecule has 0 atom stereocenters. The van der Waals surface area contributed by atoms with Crippen LogP contribution in [0.5, 0.6) is 0 Å². The van der Waals surface area contributed by atoms with Gasteiger partial charge in [0, 0.05) is 17.1 Å². The summed E-state index contributed by atoms with van der Waals surface area (Å²) in [4.78, 5) is 13.6. The van der Waals surface area contributed by atoms with Gasteiger partial charge in [-0.25, -0.2) is 4.39 Å². The number of nitrogens with two attached hydrogens (primary N) is 1. The number of hydrogen-bond acceptors (Lipinski definition) is 2. The van der Waals surface area contributed by atoms with Gasteiger partial charge in [0.05, 0.1) is 11.4 Å². The van der Waals surface area contributed by atoms with Crippen molar-refractivity contribution < 1.29 is 9.18 Å². The van der Waals surface area contributed by atoms with Crippen molar-refractivity contribution in [1.82, 2.24) is 0 Å². The number of nitrogens with zero attached hydrogens (tertiary/aromatic N) is 1. The molecule has 1 amide bonds. The monoisotopic (exact) mass is 322 g/mol. The Balaban J connectivity index is 2.33. The summed E-state index contributed by atoms with van der Waals surface area (Å²) in [6, 6.07) is 10.8. The number of halogens is 2. The summed E-state index contributed by atoms with van der Waals surface area (Å²) in [5.41, 5.74) is 7.21. The SMILES string of the molecule is CN(C(=O)c1cccc(F)c1)c1ccc(Br)cc1N. The quantitative estimate of drug-likeness (QED) is 0.861. The second-order valence-corrected chi connectivity index (χ2v) is 4.99. The van der Waals surface area contributed by atoms with Gasteiger partial charge in [-0.2, -0.15) is 0 Å². The first-order valence-corrected chi connectivity index (χ1v) is 6.37. The third-order valence-electron chi connectivity index (χ3n) is 2.73. The summed E-state index contributed by atoms with van der Waals surface area (Å²) in [6.07, 6.45) is 0. The van der Waals surface area contributed by atoms with E-state index >= 15 is 0 Å². The zero-order chi connectivity index (χ0) is 14.0. The number of nitrogen functional groups attached to an aromatic ring is 1. The van der Waals surface area contributed by atoms with E-state index in [-0.39, 0.29) is 11.5 Å². The van der Waals surface area contributed by atoms with Crippen LogP contribution in [0.25, 0.3) is 0 Å². The van der Waals surface area contributed by atoms with Gasteiger partial charge in [0.15, 0.2) is 0 Å². The first-order valence-electron chi connectivity index (χ1n) is 5.57. The van der Waals surface area contributed by atoms with Gasteiger partial charge in [0.25, 0.3) is 5.91 Å². The van der Waals surface area contributed by atoms with Crippen molar-refractivity contribution in [2.75, 3.05) is 17.7 Å². The van der Waals surface area contributed by atoms with E-state index < -0.39 is 5.82 Å². The van der Waals surface area contributed by atoms with E-state index in [1.807, 2.05) is 0 Å². The average molecular weight is 323 g/mol. The number of anilines is 2. The molecule has 0 saturated carbocycles. The highest BCUT2D eigenvalue weighted by molar-refractivity contribution is 9.10. The number of carbonyl (C=O) groups is 1. The Morgan fingerprint density at radius 1 is 1.26 bits per heavy atom. The number of carbonyl (C=O) groups excluding carboxylic acids is 1. The van der Waals surface area contributed by atoms with Crippen LogP contribution in [0.2, 0.25) is 0 Å². The second-order valence-electron chi connectivity index (χ2n) is 4.08. The molecule has 98 valence electrons. The highest BCUT2D eigenvalue weighted by Gasteiger charge is 2.16. The number of rotatable bonds is 2. The molecule has 0 unspecified atom stereocenters. The lowest BCUT2D eigenvalue weighted by Crippen LogP contribution is -2.27. The highest BCUT2D eigenvalue weighted by atomic mass is 79.9. The lowest BCUT2D eigenvalue weighted by Gasteiger charge is -2.19. The molecule has 19 heavy (non-hydrogen) atoms. The van der Waals surface area contributed by atoms with Crippen LogP contribution in [-0.4, -0.2) is 13.0 Å². The van der Waals surface area contributed by atoms with Crippen LogP contribution in [0.4, 0.5) is 15.8 Å². The molecule has 0 bridgehead atoms. The van der Waals surface area contributed by atoms with E-state index in [0.717, 1.165) is 4.47 Å². The predicted molar refractivity (Wildman–Crippen MR) is 77.7 cm³/mol. The number of hydrogen-bond donors (Lipinski definition) is 1.